The molecule has 2 fully saturated rings. The van der Waals surface area contributed by atoms with Gasteiger partial charge in [-0.1, -0.05) is 40.3 Å². The number of rotatable bonds is 6. The third kappa shape index (κ3) is 6.18. The number of halogens is 2. The maximum atomic E-state index is 13.0. The number of carbonyl (C=O) groups excluding carboxylic acids is 1. The van der Waals surface area contributed by atoms with Crippen LogP contribution in [0.15, 0.2) is 29.2 Å². The third-order valence-electron chi connectivity index (χ3n) is 5.52. The molecular weight excluding hydrogens is 483 g/mol. The molecule has 182 valence electrons. The molecule has 4 atom stereocenters. The molecule has 0 bridgehead atoms. The van der Waals surface area contributed by atoms with E-state index in [1.807, 2.05) is 41.5 Å². The predicted molar refractivity (Wildman–Crippen MR) is 135 cm³/mol. The first-order chi connectivity index (χ1) is 15.2. The minimum atomic E-state index is -1.48. The predicted octanol–water partition coefficient (Wildman–Crippen LogP) is 5.92. The molecule has 1 saturated carbocycles. The van der Waals surface area contributed by atoms with E-state index in [0.29, 0.717) is 40.2 Å². The lowest BCUT2D eigenvalue weighted by molar-refractivity contribution is 0.0270. The van der Waals surface area contributed by atoms with Gasteiger partial charge in [0.2, 0.25) is 0 Å². The summed E-state index contributed by atoms with van der Waals surface area (Å²) in [6.07, 6.45) is 1.33. The number of amides is 1. The first-order valence-electron chi connectivity index (χ1n) is 10.9. The number of ether oxygens (including phenoxy) is 2. The monoisotopic (exact) mass is 514 g/mol. The molecule has 1 amide bonds. The van der Waals surface area contributed by atoms with E-state index in [9.17, 15) is 9.35 Å². The van der Waals surface area contributed by atoms with Gasteiger partial charge in [0.15, 0.2) is 0 Å². The summed E-state index contributed by atoms with van der Waals surface area (Å²) in [5.74, 6) is 0.964. The first-order valence-corrected chi connectivity index (χ1v) is 12.8. The fourth-order valence-corrected chi connectivity index (χ4v) is 4.91. The van der Waals surface area contributed by atoms with Gasteiger partial charge in [0, 0.05) is 30.6 Å². The van der Waals surface area contributed by atoms with Gasteiger partial charge in [0.25, 0.3) is 0 Å². The lowest BCUT2D eigenvalue weighted by Crippen LogP contribution is -2.37. The van der Waals surface area contributed by atoms with Crippen LogP contribution in [-0.2, 0) is 16.1 Å². The lowest BCUT2D eigenvalue weighted by Gasteiger charge is -2.26. The van der Waals surface area contributed by atoms with Crippen molar-refractivity contribution in [2.75, 3.05) is 19.7 Å². The second-order valence-corrected chi connectivity index (χ2v) is 13.2. The van der Waals surface area contributed by atoms with Gasteiger partial charge in [0.1, 0.15) is 39.8 Å². The summed E-state index contributed by atoms with van der Waals surface area (Å²) in [4.78, 5) is 14.2. The molecule has 0 spiro atoms. The molecule has 2 aliphatic rings. The number of fused-ring (bicyclic) bond motifs is 1. The first kappa shape index (κ1) is 26.2. The largest absolute Gasteiger partial charge is 0.591 e. The second-order valence-electron chi connectivity index (χ2n) is 10.4. The van der Waals surface area contributed by atoms with Gasteiger partial charge in [-0.3, -0.25) is 0 Å². The van der Waals surface area contributed by atoms with E-state index in [1.54, 1.807) is 23.1 Å². The van der Waals surface area contributed by atoms with Crippen LogP contribution < -0.4 is 4.74 Å². The van der Waals surface area contributed by atoms with Gasteiger partial charge in [-0.25, -0.2) is 4.79 Å². The van der Waals surface area contributed by atoms with Gasteiger partial charge in [-0.05, 0) is 59.4 Å². The van der Waals surface area contributed by atoms with Crippen LogP contribution in [0.3, 0.4) is 0 Å². The summed E-state index contributed by atoms with van der Waals surface area (Å²) in [5, 5.41) is 0.732. The zero-order valence-electron chi connectivity index (χ0n) is 20.0. The van der Waals surface area contributed by atoms with Gasteiger partial charge >= 0.3 is 6.09 Å². The van der Waals surface area contributed by atoms with Crippen molar-refractivity contribution in [1.82, 2.24) is 4.90 Å². The van der Waals surface area contributed by atoms with E-state index in [1.165, 1.54) is 0 Å². The molecule has 1 aliphatic heterocycles. The van der Waals surface area contributed by atoms with Crippen molar-refractivity contribution in [2.45, 2.75) is 51.9 Å². The van der Waals surface area contributed by atoms with E-state index in [2.05, 4.69) is 11.0 Å². The second kappa shape index (κ2) is 9.68. The number of nitrogens with zero attached hydrogens (tertiary/aromatic N) is 2. The van der Waals surface area contributed by atoms with Crippen molar-refractivity contribution in [3.8, 4) is 5.75 Å². The van der Waals surface area contributed by atoms with Crippen molar-refractivity contribution in [3.05, 3.63) is 40.4 Å². The highest BCUT2D eigenvalue weighted by molar-refractivity contribution is 7.91. The van der Waals surface area contributed by atoms with Crippen LogP contribution in [0, 0.1) is 17.8 Å². The Hall–Kier alpha value is -1.41. The van der Waals surface area contributed by atoms with E-state index >= 15 is 0 Å². The smallest absolute Gasteiger partial charge is 0.410 e. The summed E-state index contributed by atoms with van der Waals surface area (Å²) >= 11 is 11.1. The molecule has 1 aliphatic carbocycles. The van der Waals surface area contributed by atoms with E-state index in [-0.39, 0.29) is 30.5 Å². The maximum Gasteiger partial charge on any atom is 0.410 e. The number of carbonyl (C=O) groups is 1. The molecule has 3 rings (SSSR count). The summed E-state index contributed by atoms with van der Waals surface area (Å²) in [7, 11) is 0. The van der Waals surface area contributed by atoms with E-state index in [0.717, 1.165) is 0 Å². The summed E-state index contributed by atoms with van der Waals surface area (Å²) in [6.45, 7) is 16.3. The van der Waals surface area contributed by atoms with Gasteiger partial charge in [-0.15, -0.1) is 0 Å². The average Bonchev–Trinajstić information content (AvgIpc) is 3.15. The van der Waals surface area contributed by atoms with Crippen LogP contribution in [0.4, 0.5) is 4.79 Å². The molecule has 33 heavy (non-hydrogen) atoms. The molecule has 6 nitrogen and oxygen atoms in total. The van der Waals surface area contributed by atoms with Gasteiger partial charge in [0.05, 0.1) is 10.0 Å². The molecule has 1 heterocycles. The normalized spacial score (nSPS) is 23.7. The Kier molecular flexibility index (Phi) is 7.69. The fraction of sp³-hybridized carbons (Fsp3) is 0.583. The summed E-state index contributed by atoms with van der Waals surface area (Å²) in [6, 6.07) is 3.38. The van der Waals surface area contributed by atoms with Crippen molar-refractivity contribution in [1.29, 1.82) is 0 Å². The number of likely N-dealkylation sites (tertiary alicyclic amines) is 1. The van der Waals surface area contributed by atoms with Crippen LogP contribution >= 0.6 is 23.2 Å². The van der Waals surface area contributed by atoms with Crippen LogP contribution in [0.5, 0.6) is 5.75 Å². The van der Waals surface area contributed by atoms with Crippen molar-refractivity contribution >= 4 is 46.4 Å². The average molecular weight is 516 g/mol. The van der Waals surface area contributed by atoms with E-state index < -0.39 is 21.7 Å². The van der Waals surface area contributed by atoms with Crippen LogP contribution in [0.2, 0.25) is 10.0 Å². The van der Waals surface area contributed by atoms with Crippen molar-refractivity contribution in [2.24, 2.45) is 22.2 Å². The highest BCUT2D eigenvalue weighted by Gasteiger charge is 2.60. The minimum Gasteiger partial charge on any atom is -0.591 e. The molecule has 9 heteroatoms. The SMILES string of the molecule is C=CCOc1cc(Cl)c(Cl)cc1C(=N[S+]([O-])C(C)(C)C)C1[C@H]2CN(C(=O)OC(C)(C)C)C[C@@H]12. The van der Waals surface area contributed by atoms with Crippen LogP contribution in [0.1, 0.15) is 47.1 Å². The fourth-order valence-electron chi connectivity index (χ4n) is 3.92. The standard InChI is InChI=1S/C24H32Cl2N2O4S/c1-8-9-31-19-11-18(26)17(25)10-14(19)21(27-33(30)24(5,6)7)20-15-12-28(13-16(15)20)22(29)32-23(2,3)4/h8,10-11,15-16,20H,1,9,12-13H2,2-7H3/t15-,16+,20?,33?. The molecule has 2 unspecified atom stereocenters. The Bertz CT molecular complexity index is 943. The summed E-state index contributed by atoms with van der Waals surface area (Å²) in [5.41, 5.74) is 0.809. The Labute approximate surface area is 209 Å². The third-order valence-corrected chi connectivity index (χ3v) is 7.65. The van der Waals surface area contributed by atoms with Crippen LogP contribution in [-0.4, -0.2) is 51.3 Å². The molecule has 1 aromatic rings. The topological polar surface area (TPSA) is 74.2 Å². The number of hydrogen-bond acceptors (Lipinski definition) is 5. The van der Waals surface area contributed by atoms with Gasteiger partial charge in [-0.2, -0.15) is 0 Å². The minimum absolute atomic E-state index is 0.0401. The molecular formula is C24H32Cl2N2O4S. The molecule has 1 aromatic carbocycles. The molecule has 0 radical (unpaired) electrons. The zero-order valence-corrected chi connectivity index (χ0v) is 22.3. The number of hydrogen-bond donors (Lipinski definition) is 0. The van der Waals surface area contributed by atoms with Gasteiger partial charge < -0.3 is 18.9 Å². The molecule has 1 saturated heterocycles. The number of piperidine rings is 1. The maximum absolute atomic E-state index is 13.0. The number of benzene rings is 1. The Morgan fingerprint density at radius 2 is 1.79 bits per heavy atom. The van der Waals surface area contributed by atoms with E-state index in [4.69, 9.17) is 32.7 Å². The quantitative estimate of drug-likeness (QED) is 0.268. The molecule has 0 aromatic heterocycles. The highest BCUT2D eigenvalue weighted by Crippen LogP contribution is 2.55. The lowest BCUT2D eigenvalue weighted by atomic mass is 10.0. The van der Waals surface area contributed by atoms with Crippen molar-refractivity contribution in [3.63, 3.8) is 0 Å². The Balaban J connectivity index is 1.92. The molecule has 0 N–H and O–H groups in total. The Morgan fingerprint density at radius 1 is 1.21 bits per heavy atom. The van der Waals surface area contributed by atoms with Crippen molar-refractivity contribution < 1.29 is 18.8 Å². The zero-order chi connectivity index (χ0) is 24.7. The Morgan fingerprint density at radius 3 is 2.30 bits per heavy atom. The highest BCUT2D eigenvalue weighted by atomic mass is 35.5. The summed E-state index contributed by atoms with van der Waals surface area (Å²) < 4.78 is 28.6. The van der Waals surface area contributed by atoms with Crippen LogP contribution in [0.25, 0.3) is 0 Å².